The number of ether oxygens (including phenoxy) is 2. The van der Waals surface area contributed by atoms with Gasteiger partial charge in [0, 0.05) is 19.2 Å². The van der Waals surface area contributed by atoms with Crippen molar-refractivity contribution in [2.75, 3.05) is 27.3 Å². The van der Waals surface area contributed by atoms with E-state index in [2.05, 4.69) is 4.74 Å². The van der Waals surface area contributed by atoms with Crippen molar-refractivity contribution in [3.63, 3.8) is 0 Å². The van der Waals surface area contributed by atoms with Gasteiger partial charge in [-0.3, -0.25) is 9.59 Å². The lowest BCUT2D eigenvalue weighted by Gasteiger charge is -2.22. The summed E-state index contributed by atoms with van der Waals surface area (Å²) in [6, 6.07) is 7.46. The van der Waals surface area contributed by atoms with Crippen LogP contribution in [0.4, 0.5) is 0 Å². The van der Waals surface area contributed by atoms with Crippen LogP contribution >= 0.6 is 0 Å². The largest absolute Gasteiger partial charge is 0.497 e. The molecule has 5 heteroatoms. The zero-order chi connectivity index (χ0) is 17.2. The Hall–Kier alpha value is -2.30. The number of esters is 1. The standard InChI is InChI=1S/C18H25NO4/c1-14(2)13-19(11-10-18(21)23-4)17(20)9-8-15-6-5-7-16(12-15)22-3/h5-9,12,14H,10-11,13H2,1-4H3/b9-8+. The van der Waals surface area contributed by atoms with Gasteiger partial charge < -0.3 is 14.4 Å². The van der Waals surface area contributed by atoms with Crippen LogP contribution in [0.5, 0.6) is 5.75 Å². The van der Waals surface area contributed by atoms with Crippen molar-refractivity contribution in [1.29, 1.82) is 0 Å². The summed E-state index contributed by atoms with van der Waals surface area (Å²) in [5.74, 6) is 0.625. The van der Waals surface area contributed by atoms with Crippen molar-refractivity contribution >= 4 is 18.0 Å². The minimum atomic E-state index is -0.316. The van der Waals surface area contributed by atoms with Gasteiger partial charge in [-0.25, -0.2) is 0 Å². The molecule has 0 saturated heterocycles. The molecule has 5 nitrogen and oxygen atoms in total. The lowest BCUT2D eigenvalue weighted by atomic mass is 10.1. The Morgan fingerprint density at radius 1 is 1.26 bits per heavy atom. The average Bonchev–Trinajstić information content (AvgIpc) is 2.55. The first-order valence-electron chi connectivity index (χ1n) is 7.64. The number of carbonyl (C=O) groups is 2. The summed E-state index contributed by atoms with van der Waals surface area (Å²) >= 11 is 0. The summed E-state index contributed by atoms with van der Waals surface area (Å²) in [5.41, 5.74) is 0.884. The Balaban J connectivity index is 2.74. The Kier molecular flexibility index (Phi) is 7.88. The van der Waals surface area contributed by atoms with Crippen LogP contribution in [0.25, 0.3) is 6.08 Å². The Morgan fingerprint density at radius 3 is 2.61 bits per heavy atom. The smallest absolute Gasteiger partial charge is 0.307 e. The second-order valence-electron chi connectivity index (χ2n) is 5.61. The molecule has 0 N–H and O–H groups in total. The number of amides is 1. The van der Waals surface area contributed by atoms with E-state index in [1.54, 1.807) is 18.1 Å². The van der Waals surface area contributed by atoms with Crippen LogP contribution in [-0.4, -0.2) is 44.1 Å². The van der Waals surface area contributed by atoms with Gasteiger partial charge in [-0.2, -0.15) is 0 Å². The van der Waals surface area contributed by atoms with E-state index in [0.29, 0.717) is 19.0 Å². The van der Waals surface area contributed by atoms with Crippen LogP contribution in [0.1, 0.15) is 25.8 Å². The third-order valence-corrected chi connectivity index (χ3v) is 3.22. The number of carbonyl (C=O) groups excluding carboxylic acids is 2. The van der Waals surface area contributed by atoms with Crippen LogP contribution in [0, 0.1) is 5.92 Å². The first-order valence-corrected chi connectivity index (χ1v) is 7.64. The number of methoxy groups -OCH3 is 2. The molecular formula is C18H25NO4. The predicted molar refractivity (Wildman–Crippen MR) is 90.1 cm³/mol. The van der Waals surface area contributed by atoms with E-state index in [9.17, 15) is 9.59 Å². The SMILES string of the molecule is COC(=O)CCN(CC(C)C)C(=O)/C=C/c1cccc(OC)c1. The maximum atomic E-state index is 12.4. The molecule has 23 heavy (non-hydrogen) atoms. The van der Waals surface area contributed by atoms with E-state index < -0.39 is 0 Å². The fraction of sp³-hybridized carbons (Fsp3) is 0.444. The van der Waals surface area contributed by atoms with E-state index >= 15 is 0 Å². The molecule has 0 fully saturated rings. The average molecular weight is 319 g/mol. The number of nitrogens with zero attached hydrogens (tertiary/aromatic N) is 1. The van der Waals surface area contributed by atoms with Gasteiger partial charge in [0.1, 0.15) is 5.75 Å². The van der Waals surface area contributed by atoms with Crippen LogP contribution in [0.2, 0.25) is 0 Å². The first kappa shape index (κ1) is 18.7. The van der Waals surface area contributed by atoms with E-state index in [1.807, 2.05) is 38.1 Å². The van der Waals surface area contributed by atoms with Crippen LogP contribution in [-0.2, 0) is 14.3 Å². The van der Waals surface area contributed by atoms with Crippen LogP contribution in [0.3, 0.4) is 0 Å². The number of benzene rings is 1. The molecule has 0 heterocycles. The van der Waals surface area contributed by atoms with Crippen LogP contribution in [0.15, 0.2) is 30.3 Å². The highest BCUT2D eigenvalue weighted by Crippen LogP contribution is 2.14. The van der Waals surface area contributed by atoms with Crippen molar-refractivity contribution < 1.29 is 19.1 Å². The fourth-order valence-electron chi connectivity index (χ4n) is 2.08. The van der Waals surface area contributed by atoms with Crippen molar-refractivity contribution in [2.45, 2.75) is 20.3 Å². The van der Waals surface area contributed by atoms with E-state index in [0.717, 1.165) is 11.3 Å². The van der Waals surface area contributed by atoms with Crippen molar-refractivity contribution in [2.24, 2.45) is 5.92 Å². The quantitative estimate of drug-likeness (QED) is 0.546. The molecule has 1 aromatic rings. The second kappa shape index (κ2) is 9.66. The Morgan fingerprint density at radius 2 is 2.00 bits per heavy atom. The number of rotatable bonds is 8. The zero-order valence-corrected chi connectivity index (χ0v) is 14.2. The van der Waals surface area contributed by atoms with Gasteiger partial charge in [-0.1, -0.05) is 26.0 Å². The van der Waals surface area contributed by atoms with E-state index in [1.165, 1.54) is 13.2 Å². The second-order valence-corrected chi connectivity index (χ2v) is 5.61. The summed E-state index contributed by atoms with van der Waals surface area (Å²) in [7, 11) is 2.95. The summed E-state index contributed by atoms with van der Waals surface area (Å²) in [4.78, 5) is 25.3. The molecule has 0 aromatic heterocycles. The van der Waals surface area contributed by atoms with Gasteiger partial charge in [0.05, 0.1) is 20.6 Å². The summed E-state index contributed by atoms with van der Waals surface area (Å²) in [6.45, 7) is 5.01. The molecule has 0 aliphatic rings. The monoisotopic (exact) mass is 319 g/mol. The Labute approximate surface area is 137 Å². The third-order valence-electron chi connectivity index (χ3n) is 3.22. The molecule has 0 atom stereocenters. The molecule has 1 aromatic carbocycles. The molecular weight excluding hydrogens is 294 g/mol. The zero-order valence-electron chi connectivity index (χ0n) is 14.2. The molecule has 0 unspecified atom stereocenters. The lowest BCUT2D eigenvalue weighted by molar-refractivity contribution is -0.141. The molecule has 1 rings (SSSR count). The highest BCUT2D eigenvalue weighted by atomic mass is 16.5. The van der Waals surface area contributed by atoms with Crippen molar-refractivity contribution in [3.8, 4) is 5.75 Å². The first-order chi connectivity index (χ1) is 11.0. The predicted octanol–water partition coefficient (Wildman–Crippen LogP) is 2.76. The Bertz CT molecular complexity index is 552. The lowest BCUT2D eigenvalue weighted by Crippen LogP contribution is -2.34. The van der Waals surface area contributed by atoms with E-state index in [4.69, 9.17) is 4.74 Å². The molecule has 0 bridgehead atoms. The molecule has 0 radical (unpaired) electrons. The summed E-state index contributed by atoms with van der Waals surface area (Å²) < 4.78 is 9.79. The number of hydrogen-bond acceptors (Lipinski definition) is 4. The molecule has 0 spiro atoms. The maximum absolute atomic E-state index is 12.4. The van der Waals surface area contributed by atoms with E-state index in [-0.39, 0.29) is 18.3 Å². The minimum Gasteiger partial charge on any atom is -0.497 e. The maximum Gasteiger partial charge on any atom is 0.307 e. The van der Waals surface area contributed by atoms with Crippen molar-refractivity contribution in [1.82, 2.24) is 4.90 Å². The van der Waals surface area contributed by atoms with Gasteiger partial charge in [-0.15, -0.1) is 0 Å². The number of hydrogen-bond donors (Lipinski definition) is 0. The van der Waals surface area contributed by atoms with Gasteiger partial charge in [0.25, 0.3) is 0 Å². The molecule has 0 saturated carbocycles. The van der Waals surface area contributed by atoms with Crippen molar-refractivity contribution in [3.05, 3.63) is 35.9 Å². The minimum absolute atomic E-state index is 0.120. The van der Waals surface area contributed by atoms with Gasteiger partial charge >= 0.3 is 5.97 Å². The normalized spacial score (nSPS) is 10.8. The molecule has 0 aliphatic heterocycles. The molecule has 126 valence electrons. The summed E-state index contributed by atoms with van der Waals surface area (Å²) in [6.07, 6.45) is 3.46. The fourth-order valence-corrected chi connectivity index (χ4v) is 2.08. The summed E-state index contributed by atoms with van der Waals surface area (Å²) in [5, 5.41) is 0. The highest BCUT2D eigenvalue weighted by Gasteiger charge is 2.14. The third kappa shape index (κ3) is 7.00. The molecule has 1 amide bonds. The topological polar surface area (TPSA) is 55.8 Å². The molecule has 0 aliphatic carbocycles. The van der Waals surface area contributed by atoms with Crippen LogP contribution < -0.4 is 4.74 Å². The van der Waals surface area contributed by atoms with Gasteiger partial charge in [0.15, 0.2) is 0 Å². The van der Waals surface area contributed by atoms with Gasteiger partial charge in [-0.05, 0) is 29.7 Å². The van der Waals surface area contributed by atoms with Gasteiger partial charge in [0.2, 0.25) is 5.91 Å². The highest BCUT2D eigenvalue weighted by molar-refractivity contribution is 5.92.